The second-order valence-electron chi connectivity index (χ2n) is 4.83. The summed E-state index contributed by atoms with van der Waals surface area (Å²) in [5, 5.41) is 5.61. The van der Waals surface area contributed by atoms with E-state index < -0.39 is 0 Å². The number of rotatable bonds is 2. The maximum Gasteiger partial charge on any atom is 0.0213 e. The average molecular weight is 209 g/mol. The Labute approximate surface area is 90.5 Å². The fraction of sp³-hybridized carbons (Fsp3) is 0.667. The van der Waals surface area contributed by atoms with E-state index in [0.29, 0.717) is 5.41 Å². The Hall–Kier alpha value is -0.340. The molecule has 0 unspecified atom stereocenters. The van der Waals surface area contributed by atoms with Crippen LogP contribution in [-0.2, 0) is 18.4 Å². The Kier molecular flexibility index (Phi) is 2.67. The van der Waals surface area contributed by atoms with Crippen molar-refractivity contribution in [1.29, 1.82) is 0 Å². The number of hydrogen-bond donors (Lipinski definition) is 1. The van der Waals surface area contributed by atoms with Crippen LogP contribution < -0.4 is 5.32 Å². The molecule has 0 fully saturated rings. The van der Waals surface area contributed by atoms with Gasteiger partial charge in [-0.1, -0.05) is 13.8 Å². The molecule has 1 heterocycles. The second-order valence-corrected chi connectivity index (χ2v) is 5.79. The summed E-state index contributed by atoms with van der Waals surface area (Å²) in [5.41, 5.74) is 3.57. The standard InChI is InChI=1S/C12H19NS/c1-12(2)6-4-5-10-11(12)9(7-13-3)8-14-10/h8,13H,4-7H2,1-3H3. The van der Waals surface area contributed by atoms with E-state index in [1.807, 2.05) is 18.4 Å². The first kappa shape index (κ1) is 10.2. The normalized spacial score (nSPS) is 19.4. The average Bonchev–Trinajstić information content (AvgIpc) is 2.50. The Morgan fingerprint density at radius 3 is 3.00 bits per heavy atom. The molecule has 1 aromatic rings. The van der Waals surface area contributed by atoms with Gasteiger partial charge in [-0.25, -0.2) is 0 Å². The van der Waals surface area contributed by atoms with Crippen molar-refractivity contribution in [2.75, 3.05) is 7.05 Å². The highest BCUT2D eigenvalue weighted by Gasteiger charge is 2.30. The lowest BCUT2D eigenvalue weighted by Gasteiger charge is -2.31. The van der Waals surface area contributed by atoms with Crippen molar-refractivity contribution in [3.8, 4) is 0 Å². The molecule has 14 heavy (non-hydrogen) atoms. The third-order valence-corrected chi connectivity index (χ3v) is 4.29. The first-order chi connectivity index (χ1) is 6.65. The highest BCUT2D eigenvalue weighted by molar-refractivity contribution is 7.10. The largest absolute Gasteiger partial charge is 0.316 e. The fourth-order valence-corrected chi connectivity index (χ4v) is 3.84. The molecule has 2 rings (SSSR count). The lowest BCUT2D eigenvalue weighted by atomic mass is 9.74. The van der Waals surface area contributed by atoms with Crippen molar-refractivity contribution in [1.82, 2.24) is 5.32 Å². The predicted molar refractivity (Wildman–Crippen MR) is 63.0 cm³/mol. The minimum Gasteiger partial charge on any atom is -0.316 e. The maximum absolute atomic E-state index is 3.26. The number of thiophene rings is 1. The topological polar surface area (TPSA) is 12.0 Å². The van der Waals surface area contributed by atoms with E-state index >= 15 is 0 Å². The van der Waals surface area contributed by atoms with E-state index in [0.717, 1.165) is 6.54 Å². The smallest absolute Gasteiger partial charge is 0.0213 e. The number of aryl methyl sites for hydroxylation is 1. The van der Waals surface area contributed by atoms with E-state index in [9.17, 15) is 0 Å². The van der Waals surface area contributed by atoms with Gasteiger partial charge in [0, 0.05) is 11.4 Å². The molecule has 2 heteroatoms. The van der Waals surface area contributed by atoms with Crippen molar-refractivity contribution in [3.63, 3.8) is 0 Å². The van der Waals surface area contributed by atoms with Gasteiger partial charge in [-0.05, 0) is 48.2 Å². The number of hydrogen-bond acceptors (Lipinski definition) is 2. The molecular weight excluding hydrogens is 190 g/mol. The van der Waals surface area contributed by atoms with E-state index in [-0.39, 0.29) is 0 Å². The zero-order valence-electron chi connectivity index (χ0n) is 9.31. The summed E-state index contributed by atoms with van der Waals surface area (Å²) >= 11 is 1.95. The van der Waals surface area contributed by atoms with Gasteiger partial charge in [-0.15, -0.1) is 11.3 Å². The summed E-state index contributed by atoms with van der Waals surface area (Å²) in [6.45, 7) is 5.79. The summed E-state index contributed by atoms with van der Waals surface area (Å²) in [6, 6.07) is 0. The number of nitrogens with one attached hydrogen (secondary N) is 1. The Morgan fingerprint density at radius 2 is 2.29 bits per heavy atom. The minimum atomic E-state index is 0.403. The van der Waals surface area contributed by atoms with Crippen molar-refractivity contribution in [2.45, 2.75) is 45.1 Å². The van der Waals surface area contributed by atoms with E-state index in [1.54, 1.807) is 10.4 Å². The molecule has 1 aromatic heterocycles. The summed E-state index contributed by atoms with van der Waals surface area (Å²) in [5.74, 6) is 0. The minimum absolute atomic E-state index is 0.403. The van der Waals surface area contributed by atoms with Crippen LogP contribution in [0.3, 0.4) is 0 Å². The van der Waals surface area contributed by atoms with Crippen molar-refractivity contribution in [3.05, 3.63) is 21.4 Å². The third kappa shape index (κ3) is 1.61. The summed E-state index contributed by atoms with van der Waals surface area (Å²) in [4.78, 5) is 1.63. The van der Waals surface area contributed by atoms with Crippen LogP contribution in [0.4, 0.5) is 0 Å². The lowest BCUT2D eigenvalue weighted by Crippen LogP contribution is -2.24. The molecule has 1 nitrogen and oxygen atoms in total. The first-order valence-corrected chi connectivity index (χ1v) is 6.27. The van der Waals surface area contributed by atoms with Crippen molar-refractivity contribution < 1.29 is 0 Å². The molecule has 0 aromatic carbocycles. The van der Waals surface area contributed by atoms with Crippen molar-refractivity contribution >= 4 is 11.3 Å². The molecule has 0 saturated heterocycles. The molecule has 0 spiro atoms. The molecule has 0 aliphatic heterocycles. The van der Waals surface area contributed by atoms with Crippen LogP contribution in [-0.4, -0.2) is 7.05 Å². The highest BCUT2D eigenvalue weighted by Crippen LogP contribution is 2.41. The third-order valence-electron chi connectivity index (χ3n) is 3.19. The summed E-state index contributed by atoms with van der Waals surface area (Å²) in [6.07, 6.45) is 4.00. The van der Waals surface area contributed by atoms with Crippen LogP contribution in [0.5, 0.6) is 0 Å². The van der Waals surface area contributed by atoms with E-state index in [4.69, 9.17) is 0 Å². The van der Waals surface area contributed by atoms with E-state index in [2.05, 4.69) is 24.5 Å². The molecule has 1 aliphatic carbocycles. The van der Waals surface area contributed by atoms with Gasteiger partial charge in [0.15, 0.2) is 0 Å². The first-order valence-electron chi connectivity index (χ1n) is 5.39. The maximum atomic E-state index is 3.26. The second kappa shape index (κ2) is 3.67. The Morgan fingerprint density at radius 1 is 1.50 bits per heavy atom. The summed E-state index contributed by atoms with van der Waals surface area (Å²) < 4.78 is 0. The van der Waals surface area contributed by atoms with Gasteiger partial charge in [0.25, 0.3) is 0 Å². The van der Waals surface area contributed by atoms with Gasteiger partial charge in [-0.3, -0.25) is 0 Å². The Bertz CT molecular complexity index is 325. The van der Waals surface area contributed by atoms with Gasteiger partial charge < -0.3 is 5.32 Å². The molecule has 0 amide bonds. The van der Waals surface area contributed by atoms with Gasteiger partial charge in [0.1, 0.15) is 0 Å². The zero-order valence-corrected chi connectivity index (χ0v) is 10.1. The van der Waals surface area contributed by atoms with E-state index in [1.165, 1.54) is 24.8 Å². The Balaban J connectivity index is 2.42. The lowest BCUT2D eigenvalue weighted by molar-refractivity contribution is 0.432. The molecule has 78 valence electrons. The van der Waals surface area contributed by atoms with Gasteiger partial charge in [0.05, 0.1) is 0 Å². The molecule has 0 atom stereocenters. The number of fused-ring (bicyclic) bond motifs is 1. The molecular formula is C12H19NS. The van der Waals surface area contributed by atoms with Gasteiger partial charge in [0.2, 0.25) is 0 Å². The highest BCUT2D eigenvalue weighted by atomic mass is 32.1. The van der Waals surface area contributed by atoms with Crippen LogP contribution in [0.25, 0.3) is 0 Å². The van der Waals surface area contributed by atoms with Crippen LogP contribution in [0.1, 0.15) is 42.7 Å². The molecule has 0 saturated carbocycles. The fourth-order valence-electron chi connectivity index (χ4n) is 2.57. The molecule has 0 bridgehead atoms. The van der Waals surface area contributed by atoms with Crippen LogP contribution in [0, 0.1) is 0 Å². The predicted octanol–water partition coefficient (Wildman–Crippen LogP) is 3.08. The van der Waals surface area contributed by atoms with Gasteiger partial charge in [-0.2, -0.15) is 0 Å². The van der Waals surface area contributed by atoms with Gasteiger partial charge >= 0.3 is 0 Å². The SMILES string of the molecule is CNCc1csc2c1C(C)(C)CCC2. The molecule has 0 radical (unpaired) electrons. The van der Waals surface area contributed by atoms with Crippen LogP contribution in [0.15, 0.2) is 5.38 Å². The van der Waals surface area contributed by atoms with Crippen LogP contribution >= 0.6 is 11.3 Å². The molecule has 1 N–H and O–H groups in total. The monoisotopic (exact) mass is 209 g/mol. The summed E-state index contributed by atoms with van der Waals surface area (Å²) in [7, 11) is 2.03. The molecule has 1 aliphatic rings. The van der Waals surface area contributed by atoms with Crippen molar-refractivity contribution in [2.24, 2.45) is 0 Å². The zero-order chi connectivity index (χ0) is 10.2. The van der Waals surface area contributed by atoms with Crippen LogP contribution in [0.2, 0.25) is 0 Å². The quantitative estimate of drug-likeness (QED) is 0.789.